The lowest BCUT2D eigenvalue weighted by Gasteiger charge is -2.11. The molecule has 0 aliphatic carbocycles. The van der Waals surface area contributed by atoms with Gasteiger partial charge in [-0.15, -0.1) is 0 Å². The third-order valence-corrected chi connectivity index (χ3v) is 2.25. The van der Waals surface area contributed by atoms with E-state index in [4.69, 9.17) is 0 Å². The van der Waals surface area contributed by atoms with Crippen molar-refractivity contribution < 1.29 is 5.11 Å². The summed E-state index contributed by atoms with van der Waals surface area (Å²) in [5.74, 6) is 0.172. The van der Waals surface area contributed by atoms with E-state index in [0.717, 1.165) is 12.2 Å². The number of aliphatic hydroxyl groups is 1. The van der Waals surface area contributed by atoms with Crippen LogP contribution < -0.4 is 5.32 Å². The Bertz CT molecular complexity index is 250. The summed E-state index contributed by atoms with van der Waals surface area (Å²) in [6.45, 7) is 1.51. The zero-order chi connectivity index (χ0) is 8.39. The number of pyridine rings is 1. The van der Waals surface area contributed by atoms with Crippen LogP contribution in [0.1, 0.15) is 11.6 Å². The summed E-state index contributed by atoms with van der Waals surface area (Å²) >= 11 is 0. The molecule has 1 saturated heterocycles. The highest BCUT2D eigenvalue weighted by atomic mass is 16.3. The van der Waals surface area contributed by atoms with Crippen molar-refractivity contribution in [2.75, 3.05) is 13.1 Å². The number of hydrogen-bond donors (Lipinski definition) is 2. The lowest BCUT2D eigenvalue weighted by atomic mass is 10.0. The van der Waals surface area contributed by atoms with Crippen LogP contribution in [0.5, 0.6) is 0 Å². The van der Waals surface area contributed by atoms with Gasteiger partial charge in [-0.3, -0.25) is 4.98 Å². The third-order valence-electron chi connectivity index (χ3n) is 2.25. The summed E-state index contributed by atoms with van der Waals surface area (Å²) in [4.78, 5) is 4.21. The highest BCUT2D eigenvalue weighted by molar-refractivity contribution is 5.13. The van der Waals surface area contributed by atoms with E-state index in [1.54, 1.807) is 6.20 Å². The van der Waals surface area contributed by atoms with Gasteiger partial charge in [0.2, 0.25) is 0 Å². The fourth-order valence-corrected chi connectivity index (χ4v) is 1.56. The van der Waals surface area contributed by atoms with Crippen molar-refractivity contribution in [3.63, 3.8) is 0 Å². The Morgan fingerprint density at radius 3 is 2.92 bits per heavy atom. The first-order valence-electron chi connectivity index (χ1n) is 4.17. The molecule has 1 aromatic rings. The second-order valence-corrected chi connectivity index (χ2v) is 3.09. The SMILES string of the molecule is OC1CNCC1c1ccccn1. The van der Waals surface area contributed by atoms with E-state index in [9.17, 15) is 5.11 Å². The normalized spacial score (nSPS) is 29.1. The van der Waals surface area contributed by atoms with Crippen LogP contribution in [0.4, 0.5) is 0 Å². The fraction of sp³-hybridized carbons (Fsp3) is 0.444. The minimum absolute atomic E-state index is 0.172. The summed E-state index contributed by atoms with van der Waals surface area (Å²) in [5.41, 5.74) is 0.981. The number of nitrogens with one attached hydrogen (secondary N) is 1. The van der Waals surface area contributed by atoms with E-state index in [2.05, 4.69) is 10.3 Å². The predicted octanol–water partition coefficient (Wildman–Crippen LogP) is 0.129. The summed E-state index contributed by atoms with van der Waals surface area (Å²) in [6, 6.07) is 5.80. The number of nitrogens with zero attached hydrogens (tertiary/aromatic N) is 1. The first kappa shape index (κ1) is 7.71. The largest absolute Gasteiger partial charge is 0.391 e. The molecule has 0 spiro atoms. The molecule has 2 rings (SSSR count). The maximum atomic E-state index is 9.54. The van der Waals surface area contributed by atoms with Crippen LogP contribution in [-0.4, -0.2) is 29.3 Å². The number of aromatic nitrogens is 1. The summed E-state index contributed by atoms with van der Waals surface area (Å²) < 4.78 is 0. The monoisotopic (exact) mass is 164 g/mol. The van der Waals surface area contributed by atoms with Crippen molar-refractivity contribution in [1.29, 1.82) is 0 Å². The van der Waals surface area contributed by atoms with E-state index in [1.165, 1.54) is 0 Å². The van der Waals surface area contributed by atoms with Gasteiger partial charge in [0, 0.05) is 30.9 Å². The fourth-order valence-electron chi connectivity index (χ4n) is 1.56. The van der Waals surface area contributed by atoms with Crippen LogP contribution in [0.3, 0.4) is 0 Å². The molecule has 1 fully saturated rings. The van der Waals surface area contributed by atoms with Crippen molar-refractivity contribution in [2.24, 2.45) is 0 Å². The lowest BCUT2D eigenvalue weighted by Crippen LogP contribution is -2.16. The van der Waals surface area contributed by atoms with Gasteiger partial charge >= 0.3 is 0 Å². The smallest absolute Gasteiger partial charge is 0.0760 e. The highest BCUT2D eigenvalue weighted by Gasteiger charge is 2.26. The van der Waals surface area contributed by atoms with Gasteiger partial charge in [-0.2, -0.15) is 0 Å². The molecule has 2 heterocycles. The molecule has 3 heteroatoms. The standard InChI is InChI=1S/C9H12N2O/c12-9-6-10-5-7(9)8-3-1-2-4-11-8/h1-4,7,9-10,12H,5-6H2. The first-order valence-corrected chi connectivity index (χ1v) is 4.17. The summed E-state index contributed by atoms with van der Waals surface area (Å²) in [5, 5.41) is 12.7. The van der Waals surface area contributed by atoms with E-state index < -0.39 is 0 Å². The Morgan fingerprint density at radius 2 is 2.33 bits per heavy atom. The Kier molecular flexibility index (Phi) is 2.06. The lowest BCUT2D eigenvalue weighted by molar-refractivity contribution is 0.176. The minimum atomic E-state index is -0.278. The van der Waals surface area contributed by atoms with Gasteiger partial charge in [0.1, 0.15) is 0 Å². The Labute approximate surface area is 71.4 Å². The average molecular weight is 164 g/mol. The van der Waals surface area contributed by atoms with Crippen molar-refractivity contribution in [2.45, 2.75) is 12.0 Å². The quantitative estimate of drug-likeness (QED) is 0.620. The molecule has 0 bridgehead atoms. The van der Waals surface area contributed by atoms with Gasteiger partial charge in [-0.05, 0) is 12.1 Å². The molecule has 0 saturated carbocycles. The van der Waals surface area contributed by atoms with E-state index in [-0.39, 0.29) is 12.0 Å². The van der Waals surface area contributed by atoms with E-state index >= 15 is 0 Å². The van der Waals surface area contributed by atoms with Gasteiger partial charge in [-0.25, -0.2) is 0 Å². The maximum Gasteiger partial charge on any atom is 0.0760 e. The molecule has 0 radical (unpaired) electrons. The first-order chi connectivity index (χ1) is 5.88. The highest BCUT2D eigenvalue weighted by Crippen LogP contribution is 2.19. The van der Waals surface area contributed by atoms with Crippen LogP contribution in [0.25, 0.3) is 0 Å². The van der Waals surface area contributed by atoms with Crippen LogP contribution in [0.2, 0.25) is 0 Å². The molecule has 12 heavy (non-hydrogen) atoms. The second-order valence-electron chi connectivity index (χ2n) is 3.09. The zero-order valence-electron chi connectivity index (χ0n) is 6.77. The number of rotatable bonds is 1. The molecule has 3 nitrogen and oxygen atoms in total. The van der Waals surface area contributed by atoms with Crippen LogP contribution >= 0.6 is 0 Å². The molecule has 0 aromatic carbocycles. The minimum Gasteiger partial charge on any atom is -0.391 e. The molecule has 2 atom stereocenters. The second kappa shape index (κ2) is 3.21. The third kappa shape index (κ3) is 1.33. The van der Waals surface area contributed by atoms with Gasteiger partial charge in [0.15, 0.2) is 0 Å². The molecular weight excluding hydrogens is 152 g/mol. The molecule has 64 valence electrons. The Hall–Kier alpha value is -0.930. The van der Waals surface area contributed by atoms with Gasteiger partial charge in [0.05, 0.1) is 6.10 Å². The van der Waals surface area contributed by atoms with Crippen LogP contribution in [-0.2, 0) is 0 Å². The molecule has 2 unspecified atom stereocenters. The molecule has 1 aromatic heterocycles. The van der Waals surface area contributed by atoms with Gasteiger partial charge in [0.25, 0.3) is 0 Å². The average Bonchev–Trinajstić information content (AvgIpc) is 2.53. The number of aliphatic hydroxyl groups excluding tert-OH is 1. The van der Waals surface area contributed by atoms with E-state index in [1.807, 2.05) is 18.2 Å². The van der Waals surface area contributed by atoms with Crippen molar-refractivity contribution in [1.82, 2.24) is 10.3 Å². The van der Waals surface area contributed by atoms with Crippen molar-refractivity contribution in [3.8, 4) is 0 Å². The van der Waals surface area contributed by atoms with Crippen molar-refractivity contribution in [3.05, 3.63) is 30.1 Å². The van der Waals surface area contributed by atoms with Crippen LogP contribution in [0, 0.1) is 0 Å². The Balaban J connectivity index is 2.19. The van der Waals surface area contributed by atoms with Gasteiger partial charge < -0.3 is 10.4 Å². The summed E-state index contributed by atoms with van der Waals surface area (Å²) in [6.07, 6.45) is 1.49. The number of hydrogen-bond acceptors (Lipinski definition) is 3. The number of β-amino-alcohol motifs (C(OH)–C–C–N with tert-alkyl or cyclic N) is 1. The van der Waals surface area contributed by atoms with Crippen LogP contribution in [0.15, 0.2) is 24.4 Å². The summed E-state index contributed by atoms with van der Waals surface area (Å²) in [7, 11) is 0. The van der Waals surface area contributed by atoms with Gasteiger partial charge in [-0.1, -0.05) is 6.07 Å². The molecule has 2 N–H and O–H groups in total. The van der Waals surface area contributed by atoms with Crippen molar-refractivity contribution >= 4 is 0 Å². The molecule has 0 amide bonds. The maximum absolute atomic E-state index is 9.54. The van der Waals surface area contributed by atoms with E-state index in [0.29, 0.717) is 6.54 Å². The molecule has 1 aliphatic heterocycles. The molecule has 1 aliphatic rings. The molecular formula is C9H12N2O. The topological polar surface area (TPSA) is 45.1 Å². The Morgan fingerprint density at radius 1 is 1.42 bits per heavy atom. The zero-order valence-corrected chi connectivity index (χ0v) is 6.77. The predicted molar refractivity (Wildman–Crippen MR) is 45.9 cm³/mol.